The topological polar surface area (TPSA) is 55.5 Å². The van der Waals surface area contributed by atoms with Gasteiger partial charge in [0.2, 0.25) is 0 Å². The predicted molar refractivity (Wildman–Crippen MR) is 64.1 cm³/mol. The smallest absolute Gasteiger partial charge is 0.0765 e. The van der Waals surface area contributed by atoms with Crippen molar-refractivity contribution in [3.8, 4) is 0 Å². The molecule has 2 rings (SSSR count). The summed E-state index contributed by atoms with van der Waals surface area (Å²) in [5, 5.41) is 10.7. The number of hydrogen-bond acceptors (Lipinski definition) is 3. The first kappa shape index (κ1) is 12.3. The molecule has 0 bridgehead atoms. The first-order chi connectivity index (χ1) is 7.55. The first-order valence-corrected chi connectivity index (χ1v) is 6.50. The number of aliphatic hydroxyl groups is 1. The standard InChI is InChI=1S/C13H25NO2/c1-10-4-3-5-12(6-10,9-14)13(15)7-11(8-13)16-2/h10-11,15H,3-9,14H2,1-2H3. The van der Waals surface area contributed by atoms with Gasteiger partial charge in [-0.1, -0.05) is 19.8 Å². The van der Waals surface area contributed by atoms with Crippen LogP contribution in [0.4, 0.5) is 0 Å². The molecule has 3 nitrogen and oxygen atoms in total. The molecular formula is C13H25NO2. The third-order valence-electron chi connectivity index (χ3n) is 4.93. The lowest BCUT2D eigenvalue weighted by molar-refractivity contribution is -0.207. The van der Waals surface area contributed by atoms with Crippen LogP contribution in [0.1, 0.15) is 45.4 Å². The van der Waals surface area contributed by atoms with Gasteiger partial charge in [-0.15, -0.1) is 0 Å². The summed E-state index contributed by atoms with van der Waals surface area (Å²) < 4.78 is 5.29. The zero-order valence-electron chi connectivity index (χ0n) is 10.5. The molecule has 2 aliphatic carbocycles. The van der Waals surface area contributed by atoms with E-state index < -0.39 is 5.60 Å². The summed E-state index contributed by atoms with van der Waals surface area (Å²) in [6, 6.07) is 0. The zero-order valence-corrected chi connectivity index (χ0v) is 10.5. The van der Waals surface area contributed by atoms with E-state index in [4.69, 9.17) is 10.5 Å². The van der Waals surface area contributed by atoms with Crippen molar-refractivity contribution in [2.24, 2.45) is 17.1 Å². The van der Waals surface area contributed by atoms with Crippen LogP contribution in [0.3, 0.4) is 0 Å². The molecule has 2 atom stereocenters. The highest BCUT2D eigenvalue weighted by molar-refractivity contribution is 5.09. The summed E-state index contributed by atoms with van der Waals surface area (Å²) in [5.74, 6) is 0.697. The molecule has 94 valence electrons. The first-order valence-electron chi connectivity index (χ1n) is 6.50. The fourth-order valence-corrected chi connectivity index (χ4v) is 3.75. The maximum atomic E-state index is 10.7. The quantitative estimate of drug-likeness (QED) is 0.771. The Morgan fingerprint density at radius 3 is 2.56 bits per heavy atom. The lowest BCUT2D eigenvalue weighted by Gasteiger charge is -2.57. The van der Waals surface area contributed by atoms with E-state index >= 15 is 0 Å². The van der Waals surface area contributed by atoms with E-state index in [1.54, 1.807) is 7.11 Å². The van der Waals surface area contributed by atoms with Crippen LogP contribution < -0.4 is 5.73 Å². The Morgan fingerprint density at radius 1 is 1.38 bits per heavy atom. The summed E-state index contributed by atoms with van der Waals surface area (Å²) in [6.45, 7) is 2.89. The van der Waals surface area contributed by atoms with Crippen LogP contribution in [0.2, 0.25) is 0 Å². The summed E-state index contributed by atoms with van der Waals surface area (Å²) in [5.41, 5.74) is 5.38. The van der Waals surface area contributed by atoms with E-state index in [-0.39, 0.29) is 11.5 Å². The summed E-state index contributed by atoms with van der Waals surface area (Å²) in [6.07, 6.45) is 6.44. The third-order valence-corrected chi connectivity index (χ3v) is 4.93. The van der Waals surface area contributed by atoms with Gasteiger partial charge in [-0.25, -0.2) is 0 Å². The second-order valence-electron chi connectivity index (χ2n) is 5.98. The van der Waals surface area contributed by atoms with Gasteiger partial charge in [0.1, 0.15) is 0 Å². The molecule has 16 heavy (non-hydrogen) atoms. The summed E-state index contributed by atoms with van der Waals surface area (Å²) in [7, 11) is 1.73. The van der Waals surface area contributed by atoms with Crippen LogP contribution >= 0.6 is 0 Å². The van der Waals surface area contributed by atoms with Crippen molar-refractivity contribution in [1.29, 1.82) is 0 Å². The maximum Gasteiger partial charge on any atom is 0.0765 e. The van der Waals surface area contributed by atoms with Crippen LogP contribution in [0.25, 0.3) is 0 Å². The average molecular weight is 227 g/mol. The van der Waals surface area contributed by atoms with Crippen molar-refractivity contribution in [2.45, 2.75) is 57.2 Å². The van der Waals surface area contributed by atoms with Gasteiger partial charge in [0, 0.05) is 31.9 Å². The van der Waals surface area contributed by atoms with Crippen molar-refractivity contribution in [3.05, 3.63) is 0 Å². The summed E-state index contributed by atoms with van der Waals surface area (Å²) >= 11 is 0. The minimum absolute atomic E-state index is 0.0420. The monoisotopic (exact) mass is 227 g/mol. The van der Waals surface area contributed by atoms with Gasteiger partial charge in [0.05, 0.1) is 11.7 Å². The van der Waals surface area contributed by atoms with E-state index in [0.29, 0.717) is 12.5 Å². The van der Waals surface area contributed by atoms with Crippen LogP contribution in [-0.2, 0) is 4.74 Å². The minimum atomic E-state index is -0.558. The summed E-state index contributed by atoms with van der Waals surface area (Å²) in [4.78, 5) is 0. The highest BCUT2D eigenvalue weighted by Gasteiger charge is 2.57. The molecule has 0 amide bonds. The van der Waals surface area contributed by atoms with Crippen LogP contribution in [0, 0.1) is 11.3 Å². The van der Waals surface area contributed by atoms with Crippen molar-refractivity contribution in [3.63, 3.8) is 0 Å². The molecule has 3 N–H and O–H groups in total. The average Bonchev–Trinajstić information content (AvgIpc) is 2.24. The number of nitrogens with two attached hydrogens (primary N) is 1. The van der Waals surface area contributed by atoms with Gasteiger partial charge in [0.15, 0.2) is 0 Å². The van der Waals surface area contributed by atoms with E-state index in [1.807, 2.05) is 0 Å². The van der Waals surface area contributed by atoms with Crippen LogP contribution in [-0.4, -0.2) is 30.5 Å². The lowest BCUT2D eigenvalue weighted by atomic mass is 9.53. The lowest BCUT2D eigenvalue weighted by Crippen LogP contribution is -2.63. The van der Waals surface area contributed by atoms with Crippen LogP contribution in [0.15, 0.2) is 0 Å². The van der Waals surface area contributed by atoms with Crippen molar-refractivity contribution in [1.82, 2.24) is 0 Å². The van der Waals surface area contributed by atoms with Crippen molar-refractivity contribution < 1.29 is 9.84 Å². The molecule has 2 aliphatic rings. The fraction of sp³-hybridized carbons (Fsp3) is 1.00. The fourth-order valence-electron chi connectivity index (χ4n) is 3.75. The normalized spacial score (nSPS) is 48.8. The Kier molecular flexibility index (Phi) is 3.30. The molecule has 2 saturated carbocycles. The molecule has 0 aromatic rings. The predicted octanol–water partition coefficient (Wildman–Crippen LogP) is 1.68. The minimum Gasteiger partial charge on any atom is -0.389 e. The second kappa shape index (κ2) is 4.28. The number of ether oxygens (including phenoxy) is 1. The van der Waals surface area contributed by atoms with Gasteiger partial charge < -0.3 is 15.6 Å². The number of methoxy groups -OCH3 is 1. The van der Waals surface area contributed by atoms with Gasteiger partial charge >= 0.3 is 0 Å². The highest BCUT2D eigenvalue weighted by atomic mass is 16.5. The Balaban J connectivity index is 2.09. The Bertz CT molecular complexity index is 250. The maximum absolute atomic E-state index is 10.7. The van der Waals surface area contributed by atoms with Gasteiger partial charge in [0.25, 0.3) is 0 Å². The second-order valence-corrected chi connectivity index (χ2v) is 5.98. The number of rotatable bonds is 3. The Labute approximate surface area is 98.4 Å². The third kappa shape index (κ3) is 1.79. The van der Waals surface area contributed by atoms with Crippen molar-refractivity contribution >= 4 is 0 Å². The molecule has 2 unspecified atom stereocenters. The molecule has 0 saturated heterocycles. The Morgan fingerprint density at radius 2 is 2.06 bits per heavy atom. The van der Waals surface area contributed by atoms with E-state index in [1.165, 1.54) is 12.8 Å². The molecule has 0 aliphatic heterocycles. The molecular weight excluding hydrogens is 202 g/mol. The van der Waals surface area contributed by atoms with E-state index in [2.05, 4.69) is 6.92 Å². The zero-order chi connectivity index (χ0) is 11.8. The molecule has 0 radical (unpaired) electrons. The molecule has 0 spiro atoms. The molecule has 2 fully saturated rings. The van der Waals surface area contributed by atoms with E-state index in [9.17, 15) is 5.11 Å². The highest BCUT2D eigenvalue weighted by Crippen LogP contribution is 2.54. The molecule has 0 aromatic heterocycles. The van der Waals surface area contributed by atoms with Crippen molar-refractivity contribution in [2.75, 3.05) is 13.7 Å². The Hall–Kier alpha value is -0.120. The van der Waals surface area contributed by atoms with Gasteiger partial charge in [-0.3, -0.25) is 0 Å². The molecule has 0 aromatic carbocycles. The van der Waals surface area contributed by atoms with Gasteiger partial charge in [-0.05, 0) is 18.8 Å². The van der Waals surface area contributed by atoms with Gasteiger partial charge in [-0.2, -0.15) is 0 Å². The number of hydrogen-bond donors (Lipinski definition) is 2. The van der Waals surface area contributed by atoms with E-state index in [0.717, 1.165) is 25.7 Å². The SMILES string of the molecule is COC1CC(O)(C2(CN)CCCC(C)C2)C1. The largest absolute Gasteiger partial charge is 0.389 e. The molecule has 0 heterocycles. The molecule has 3 heteroatoms. The van der Waals surface area contributed by atoms with Crippen LogP contribution in [0.5, 0.6) is 0 Å².